The van der Waals surface area contributed by atoms with Gasteiger partial charge in [0.25, 0.3) is 0 Å². The molecule has 0 aliphatic heterocycles. The number of ether oxygens (including phenoxy) is 6. The van der Waals surface area contributed by atoms with E-state index in [4.69, 9.17) is 28.4 Å². The lowest BCUT2D eigenvalue weighted by Gasteiger charge is -2.28. The van der Waals surface area contributed by atoms with Crippen molar-refractivity contribution in [2.24, 2.45) is 0 Å². The summed E-state index contributed by atoms with van der Waals surface area (Å²) in [6.45, 7) is 29.0. The van der Waals surface area contributed by atoms with Crippen molar-refractivity contribution in [1.29, 1.82) is 0 Å². The van der Waals surface area contributed by atoms with Gasteiger partial charge in [-0.15, -0.1) is 0 Å². The van der Waals surface area contributed by atoms with E-state index in [0.717, 1.165) is 10.4 Å². The third-order valence-electron chi connectivity index (χ3n) is 10.1. The molecule has 0 amide bonds. The summed E-state index contributed by atoms with van der Waals surface area (Å²) in [5.41, 5.74) is -0.227. The van der Waals surface area contributed by atoms with Gasteiger partial charge in [0.05, 0.1) is 62.5 Å². The molecular formula is C44H68O11Si3. The summed E-state index contributed by atoms with van der Waals surface area (Å²) in [5.74, 6) is 0.587. The number of phenols is 1. The van der Waals surface area contributed by atoms with Gasteiger partial charge in [-0.1, -0.05) is 105 Å². The number of benzene rings is 3. The Morgan fingerprint density at radius 1 is 0.517 bits per heavy atom. The monoisotopic (exact) mass is 856 g/mol. The van der Waals surface area contributed by atoms with Crippen molar-refractivity contribution in [3.05, 3.63) is 72.8 Å². The summed E-state index contributed by atoms with van der Waals surface area (Å²) in [6, 6.07) is 22.7. The first kappa shape index (κ1) is 51.6. The molecule has 4 atom stereocenters. The molecule has 11 nitrogen and oxygen atoms in total. The normalized spacial score (nSPS) is 13.2. The van der Waals surface area contributed by atoms with E-state index in [9.17, 15) is 24.3 Å². The Hall–Kier alpha value is -4.41. The molecule has 0 aromatic heterocycles. The van der Waals surface area contributed by atoms with E-state index < -0.39 is 37.2 Å². The molecule has 0 aliphatic rings. The first-order valence-corrected chi connectivity index (χ1v) is 29.2. The van der Waals surface area contributed by atoms with Gasteiger partial charge in [0.2, 0.25) is 0 Å². The van der Waals surface area contributed by atoms with Crippen molar-refractivity contribution < 1.29 is 52.7 Å². The molecule has 58 heavy (non-hydrogen) atoms. The third kappa shape index (κ3) is 16.5. The van der Waals surface area contributed by atoms with Gasteiger partial charge in [-0.2, -0.15) is 0 Å². The van der Waals surface area contributed by atoms with Gasteiger partial charge < -0.3 is 33.5 Å². The van der Waals surface area contributed by atoms with E-state index in [2.05, 4.69) is 51.4 Å². The average Bonchev–Trinajstić information content (AvgIpc) is 3.18. The van der Waals surface area contributed by atoms with Crippen molar-refractivity contribution in [3.8, 4) is 17.2 Å². The lowest BCUT2D eigenvalue weighted by molar-refractivity contribution is -0.151. The van der Waals surface area contributed by atoms with Gasteiger partial charge in [0.1, 0.15) is 17.2 Å². The highest BCUT2D eigenvalue weighted by atomic mass is 28.3. The maximum absolute atomic E-state index is 12.0. The van der Waals surface area contributed by atoms with Crippen LogP contribution in [0.25, 0.3) is 0 Å². The fraction of sp³-hybridized carbons (Fsp3) is 0.500. The zero-order valence-electron chi connectivity index (χ0n) is 37.2. The molecule has 0 aliphatic carbocycles. The highest BCUT2D eigenvalue weighted by molar-refractivity contribution is 6.93. The molecule has 0 bridgehead atoms. The molecule has 1 N–H and O–H groups in total. The van der Waals surface area contributed by atoms with Crippen LogP contribution >= 0.6 is 0 Å². The molecule has 0 spiro atoms. The molecule has 3 rings (SSSR count). The maximum Gasteiger partial charge on any atom is 0.347 e. The zero-order chi connectivity index (χ0) is 44.2. The second kappa shape index (κ2) is 25.2. The molecule has 14 heteroatoms. The Bertz CT molecular complexity index is 1690. The van der Waals surface area contributed by atoms with Crippen molar-refractivity contribution >= 4 is 64.4 Å². The number of esters is 4. The summed E-state index contributed by atoms with van der Waals surface area (Å²) >= 11 is 0. The average molecular weight is 857 g/mol. The van der Waals surface area contributed by atoms with E-state index in [1.165, 1.54) is 5.19 Å². The van der Waals surface area contributed by atoms with Gasteiger partial charge in [0, 0.05) is 0 Å². The first-order chi connectivity index (χ1) is 27.2. The van der Waals surface area contributed by atoms with Gasteiger partial charge >= 0.3 is 23.9 Å². The quantitative estimate of drug-likeness (QED) is 0.0865. The lowest BCUT2D eigenvalue weighted by atomic mass is 10.3. The SMILES string of the molecule is CCOC(=O)C(C)Oc1ccc([SiH](C)C)cc1.CCOC(=O)C(C)Oc1ccc([Si](C)(C)C(C)C(=O)OCC)cc1.CCOC(=O)C(C)[Si](C)(C)c1ccc(O)cc1. The summed E-state index contributed by atoms with van der Waals surface area (Å²) in [5, 5.41) is 13.0. The number of hydrogen-bond donors (Lipinski definition) is 1. The summed E-state index contributed by atoms with van der Waals surface area (Å²) in [7, 11) is -4.66. The van der Waals surface area contributed by atoms with Crippen molar-refractivity contribution in [1.82, 2.24) is 0 Å². The van der Waals surface area contributed by atoms with Crippen LogP contribution in [0.4, 0.5) is 0 Å². The topological polar surface area (TPSA) is 144 Å². The number of carbonyl (C=O) groups is 4. The molecule has 0 fully saturated rings. The Balaban J connectivity index is 0.000000445. The van der Waals surface area contributed by atoms with Crippen LogP contribution in [0.1, 0.15) is 55.4 Å². The molecule has 4 unspecified atom stereocenters. The first-order valence-electron chi connectivity index (χ1n) is 20.2. The van der Waals surface area contributed by atoms with Gasteiger partial charge in [-0.3, -0.25) is 9.59 Å². The Morgan fingerprint density at radius 2 is 0.810 bits per heavy atom. The van der Waals surface area contributed by atoms with Gasteiger partial charge in [0.15, 0.2) is 12.2 Å². The van der Waals surface area contributed by atoms with Crippen molar-refractivity contribution in [3.63, 3.8) is 0 Å². The molecule has 0 heterocycles. The molecular weight excluding hydrogens is 789 g/mol. The summed E-state index contributed by atoms with van der Waals surface area (Å²) in [6.07, 6.45) is -1.21. The van der Waals surface area contributed by atoms with E-state index in [1.807, 2.05) is 76.2 Å². The fourth-order valence-electron chi connectivity index (χ4n) is 5.43. The van der Waals surface area contributed by atoms with Gasteiger partial charge in [-0.25, -0.2) is 9.59 Å². The fourth-order valence-corrected chi connectivity index (χ4v) is 10.8. The predicted molar refractivity (Wildman–Crippen MR) is 239 cm³/mol. The van der Waals surface area contributed by atoms with Crippen LogP contribution in [0.5, 0.6) is 17.2 Å². The molecule has 0 saturated heterocycles. The van der Waals surface area contributed by atoms with Crippen LogP contribution < -0.4 is 25.0 Å². The smallest absolute Gasteiger partial charge is 0.347 e. The zero-order valence-corrected chi connectivity index (χ0v) is 40.3. The Labute approximate surface area is 350 Å². The predicted octanol–water partition coefficient (Wildman–Crippen LogP) is 6.86. The number of phenolic OH excluding ortho intramolecular Hbond substituents is 1. The van der Waals surface area contributed by atoms with Crippen molar-refractivity contribution in [2.45, 2.75) is 118 Å². The minimum absolute atomic E-state index is 0.0907. The molecule has 3 aromatic rings. The third-order valence-corrected chi connectivity index (χ3v) is 20.2. The van der Waals surface area contributed by atoms with Crippen LogP contribution in [-0.4, -0.2) is 92.6 Å². The Kier molecular flexibility index (Phi) is 22.4. The second-order valence-corrected chi connectivity index (χ2v) is 28.0. The van der Waals surface area contributed by atoms with Crippen LogP contribution in [0.2, 0.25) is 50.4 Å². The maximum atomic E-state index is 12.0. The van der Waals surface area contributed by atoms with Crippen LogP contribution in [0, 0.1) is 0 Å². The van der Waals surface area contributed by atoms with E-state index >= 15 is 0 Å². The summed E-state index contributed by atoms with van der Waals surface area (Å²) < 4.78 is 31.1. The largest absolute Gasteiger partial charge is 0.508 e. The lowest BCUT2D eigenvalue weighted by Crippen LogP contribution is -2.48. The van der Waals surface area contributed by atoms with Crippen LogP contribution in [-0.2, 0) is 38.1 Å². The summed E-state index contributed by atoms with van der Waals surface area (Å²) in [4.78, 5) is 46.8. The standard InChI is InChI=1S/C18H28O5Si.2C13H20O3Si/c1-7-21-17(19)13(3)23-15-9-11-16(12-10-15)24(5,6)14(4)18(20)22-8-2;1-5-15-13(14)10(2)16-11-6-8-12(9-7-11)17(3)4;1-5-16-13(15)10(2)17(3,4)12-8-6-11(14)7-9-12/h9-14H,7-8H2,1-6H3;6-10,17H,5H2,1-4H3;6-10,14H,5H2,1-4H3. The van der Waals surface area contributed by atoms with E-state index in [0.29, 0.717) is 37.9 Å². The second-order valence-electron chi connectivity index (χ2n) is 15.2. The minimum atomic E-state index is -2.00. The van der Waals surface area contributed by atoms with Crippen molar-refractivity contribution in [2.75, 3.05) is 26.4 Å². The van der Waals surface area contributed by atoms with E-state index in [-0.39, 0.29) is 40.7 Å². The molecule has 3 aromatic carbocycles. The molecule has 0 saturated carbocycles. The number of rotatable bonds is 17. The number of aromatic hydroxyl groups is 1. The Morgan fingerprint density at radius 3 is 1.12 bits per heavy atom. The number of carbonyl (C=O) groups excluding carboxylic acids is 4. The van der Waals surface area contributed by atoms with Crippen LogP contribution in [0.15, 0.2) is 72.8 Å². The highest BCUT2D eigenvalue weighted by Crippen LogP contribution is 2.25. The van der Waals surface area contributed by atoms with Gasteiger partial charge in [-0.05, 0) is 77.9 Å². The highest BCUT2D eigenvalue weighted by Gasteiger charge is 2.37. The minimum Gasteiger partial charge on any atom is -0.508 e. The van der Waals surface area contributed by atoms with E-state index in [1.54, 1.807) is 39.8 Å². The number of hydrogen-bond acceptors (Lipinski definition) is 11. The molecule has 322 valence electrons. The van der Waals surface area contributed by atoms with Crippen LogP contribution in [0.3, 0.4) is 0 Å². The molecule has 0 radical (unpaired) electrons.